The van der Waals surface area contributed by atoms with E-state index in [4.69, 9.17) is 0 Å². The molecule has 2 amide bonds. The minimum absolute atomic E-state index is 0.0516. The summed E-state index contributed by atoms with van der Waals surface area (Å²) >= 11 is 0. The molecule has 0 radical (unpaired) electrons. The van der Waals surface area contributed by atoms with Crippen LogP contribution in [0.3, 0.4) is 0 Å². The van der Waals surface area contributed by atoms with Gasteiger partial charge in [0.15, 0.2) is 0 Å². The maximum Gasteiger partial charge on any atom is 0.242 e. The molecule has 1 saturated heterocycles. The van der Waals surface area contributed by atoms with E-state index in [1.165, 1.54) is 18.2 Å². The van der Waals surface area contributed by atoms with Crippen LogP contribution in [0.2, 0.25) is 0 Å². The molecular formula is C15H19F2N3O2. The zero-order valence-corrected chi connectivity index (χ0v) is 12.5. The maximum atomic E-state index is 13.9. The van der Waals surface area contributed by atoms with E-state index < -0.39 is 23.7 Å². The number of benzene rings is 1. The van der Waals surface area contributed by atoms with E-state index in [-0.39, 0.29) is 23.9 Å². The number of carbonyl (C=O) groups is 2. The Morgan fingerprint density at radius 1 is 1.41 bits per heavy atom. The van der Waals surface area contributed by atoms with Crippen LogP contribution in [-0.2, 0) is 9.59 Å². The zero-order valence-electron chi connectivity index (χ0n) is 12.5. The van der Waals surface area contributed by atoms with Crippen LogP contribution in [0.1, 0.15) is 24.4 Å². The second-order valence-corrected chi connectivity index (χ2v) is 5.52. The lowest BCUT2D eigenvalue weighted by atomic mass is 10.0. The fourth-order valence-corrected chi connectivity index (χ4v) is 2.50. The number of hydrogen-bond acceptors (Lipinski definition) is 3. The van der Waals surface area contributed by atoms with Crippen molar-refractivity contribution in [3.8, 4) is 0 Å². The first-order chi connectivity index (χ1) is 10.4. The van der Waals surface area contributed by atoms with E-state index in [1.54, 1.807) is 19.0 Å². The summed E-state index contributed by atoms with van der Waals surface area (Å²) in [4.78, 5) is 24.7. The number of hydrogen-bond donors (Lipinski definition) is 2. The molecule has 5 nitrogen and oxygen atoms in total. The molecule has 1 aliphatic rings. The third kappa shape index (κ3) is 3.59. The van der Waals surface area contributed by atoms with Gasteiger partial charge in [-0.1, -0.05) is 6.07 Å². The summed E-state index contributed by atoms with van der Waals surface area (Å²) in [7, 11) is 3.36. The van der Waals surface area contributed by atoms with Crippen LogP contribution < -0.4 is 10.6 Å². The number of likely N-dealkylation sites (N-methyl/N-ethyl adjacent to an activating group) is 1. The van der Waals surface area contributed by atoms with Gasteiger partial charge in [-0.3, -0.25) is 9.59 Å². The first-order valence-corrected chi connectivity index (χ1v) is 7.07. The van der Waals surface area contributed by atoms with Crippen molar-refractivity contribution in [2.45, 2.75) is 24.9 Å². The topological polar surface area (TPSA) is 61.4 Å². The Labute approximate surface area is 127 Å². The first kappa shape index (κ1) is 16.4. The van der Waals surface area contributed by atoms with Crippen molar-refractivity contribution >= 4 is 11.8 Å². The average Bonchev–Trinajstić information content (AvgIpc) is 2.88. The third-order valence-corrected chi connectivity index (χ3v) is 3.74. The molecule has 22 heavy (non-hydrogen) atoms. The Balaban J connectivity index is 2.07. The molecule has 0 bridgehead atoms. The van der Waals surface area contributed by atoms with Crippen LogP contribution in [0.15, 0.2) is 18.2 Å². The Bertz CT molecular complexity index is 558. The number of nitrogens with zero attached hydrogens (tertiary/aromatic N) is 1. The molecule has 0 aromatic heterocycles. The second-order valence-electron chi connectivity index (χ2n) is 5.52. The lowest BCUT2D eigenvalue weighted by Gasteiger charge is -2.26. The quantitative estimate of drug-likeness (QED) is 0.851. The number of carbonyl (C=O) groups excluding carboxylic acids is 2. The van der Waals surface area contributed by atoms with Crippen molar-refractivity contribution in [2.75, 3.05) is 20.6 Å². The summed E-state index contributed by atoms with van der Waals surface area (Å²) in [5, 5.41) is 5.21. The molecule has 0 spiro atoms. The van der Waals surface area contributed by atoms with Crippen LogP contribution in [0.5, 0.6) is 0 Å². The van der Waals surface area contributed by atoms with Gasteiger partial charge < -0.3 is 15.5 Å². The number of nitrogens with one attached hydrogen (secondary N) is 2. The molecule has 0 aliphatic carbocycles. The number of amides is 2. The highest BCUT2D eigenvalue weighted by molar-refractivity contribution is 5.90. The molecule has 1 aliphatic heterocycles. The molecule has 2 atom stereocenters. The van der Waals surface area contributed by atoms with Gasteiger partial charge in [0, 0.05) is 18.5 Å². The summed E-state index contributed by atoms with van der Waals surface area (Å²) in [6, 6.07) is 2.47. The second kappa shape index (κ2) is 6.83. The van der Waals surface area contributed by atoms with Crippen molar-refractivity contribution in [3.05, 3.63) is 35.4 Å². The molecular weight excluding hydrogens is 292 g/mol. The molecule has 2 rings (SSSR count). The maximum absolute atomic E-state index is 13.9. The summed E-state index contributed by atoms with van der Waals surface area (Å²) < 4.78 is 27.8. The zero-order chi connectivity index (χ0) is 16.3. The summed E-state index contributed by atoms with van der Waals surface area (Å²) in [6.07, 6.45) is 0.752. The van der Waals surface area contributed by atoms with Gasteiger partial charge >= 0.3 is 0 Å². The van der Waals surface area contributed by atoms with Crippen LogP contribution in [0.25, 0.3) is 0 Å². The molecule has 1 aromatic rings. The van der Waals surface area contributed by atoms with E-state index in [2.05, 4.69) is 10.6 Å². The molecule has 120 valence electrons. The smallest absolute Gasteiger partial charge is 0.242 e. The van der Waals surface area contributed by atoms with Gasteiger partial charge in [0.05, 0.1) is 6.04 Å². The SMILES string of the molecule is CN(C)[C@H](CNC(=O)[C@H]1CCC(=O)N1)c1c(F)cccc1F. The minimum atomic E-state index is -0.651. The van der Waals surface area contributed by atoms with Crippen LogP contribution >= 0.6 is 0 Å². The largest absolute Gasteiger partial charge is 0.352 e. The van der Waals surface area contributed by atoms with E-state index in [9.17, 15) is 18.4 Å². The fourth-order valence-electron chi connectivity index (χ4n) is 2.50. The average molecular weight is 311 g/mol. The summed E-state index contributed by atoms with van der Waals surface area (Å²) in [6.45, 7) is 0.0516. The predicted molar refractivity (Wildman–Crippen MR) is 77.0 cm³/mol. The van der Waals surface area contributed by atoms with Crippen molar-refractivity contribution in [2.24, 2.45) is 0 Å². The number of halogens is 2. The number of rotatable bonds is 5. The standard InChI is InChI=1S/C15H19F2N3O2/c1-20(2)12(14-9(16)4-3-5-10(14)17)8-18-15(22)11-6-7-13(21)19-11/h3-5,11-12H,6-8H2,1-2H3,(H,18,22)(H,19,21)/t11-,12-/m1/s1. The molecule has 1 aromatic carbocycles. The van der Waals surface area contributed by atoms with Gasteiger partial charge in [-0.05, 0) is 32.6 Å². The first-order valence-electron chi connectivity index (χ1n) is 7.07. The van der Waals surface area contributed by atoms with Gasteiger partial charge in [-0.2, -0.15) is 0 Å². The molecule has 0 unspecified atom stereocenters. The predicted octanol–water partition coefficient (Wildman–Crippen LogP) is 0.962. The molecule has 2 N–H and O–H groups in total. The lowest BCUT2D eigenvalue weighted by Crippen LogP contribution is -2.44. The van der Waals surface area contributed by atoms with Crippen LogP contribution in [0.4, 0.5) is 8.78 Å². The Kier molecular flexibility index (Phi) is 5.07. The molecule has 7 heteroatoms. The normalized spacial score (nSPS) is 19.1. The van der Waals surface area contributed by atoms with E-state index >= 15 is 0 Å². The van der Waals surface area contributed by atoms with Crippen molar-refractivity contribution in [1.29, 1.82) is 0 Å². The fraction of sp³-hybridized carbons (Fsp3) is 0.467. The van der Waals surface area contributed by atoms with Gasteiger partial charge in [-0.25, -0.2) is 8.78 Å². The Hall–Kier alpha value is -2.02. The van der Waals surface area contributed by atoms with E-state index in [0.29, 0.717) is 12.8 Å². The lowest BCUT2D eigenvalue weighted by molar-refractivity contribution is -0.125. The van der Waals surface area contributed by atoms with Gasteiger partial charge in [0.25, 0.3) is 0 Å². The molecule has 1 heterocycles. The van der Waals surface area contributed by atoms with Crippen LogP contribution in [0, 0.1) is 11.6 Å². The molecule has 0 saturated carbocycles. The van der Waals surface area contributed by atoms with Gasteiger partial charge in [-0.15, -0.1) is 0 Å². The third-order valence-electron chi connectivity index (χ3n) is 3.74. The highest BCUT2D eigenvalue weighted by Crippen LogP contribution is 2.24. The van der Waals surface area contributed by atoms with Crippen molar-refractivity contribution in [1.82, 2.24) is 15.5 Å². The monoisotopic (exact) mass is 311 g/mol. The van der Waals surface area contributed by atoms with E-state index in [0.717, 1.165) is 0 Å². The van der Waals surface area contributed by atoms with E-state index in [1.807, 2.05) is 0 Å². The van der Waals surface area contributed by atoms with Gasteiger partial charge in [0.1, 0.15) is 17.7 Å². The molecule has 1 fully saturated rings. The van der Waals surface area contributed by atoms with Crippen LogP contribution in [-0.4, -0.2) is 43.4 Å². The highest BCUT2D eigenvalue weighted by atomic mass is 19.1. The highest BCUT2D eigenvalue weighted by Gasteiger charge is 2.28. The summed E-state index contributed by atoms with van der Waals surface area (Å²) in [5.41, 5.74) is -0.0803. The van der Waals surface area contributed by atoms with Gasteiger partial charge in [0.2, 0.25) is 11.8 Å². The van der Waals surface area contributed by atoms with Crippen molar-refractivity contribution in [3.63, 3.8) is 0 Å². The van der Waals surface area contributed by atoms with Crippen molar-refractivity contribution < 1.29 is 18.4 Å². The summed E-state index contributed by atoms with van der Waals surface area (Å²) in [5.74, 6) is -1.80. The Morgan fingerprint density at radius 3 is 2.55 bits per heavy atom. The Morgan fingerprint density at radius 2 is 2.05 bits per heavy atom. The minimum Gasteiger partial charge on any atom is -0.352 e.